The van der Waals surface area contributed by atoms with Gasteiger partial charge in [-0.3, -0.25) is 0 Å². The molecule has 1 heterocycles. The fourth-order valence-corrected chi connectivity index (χ4v) is 3.78. The predicted molar refractivity (Wildman–Crippen MR) is 62.6 cm³/mol. The van der Waals surface area contributed by atoms with Crippen LogP contribution in [-0.2, 0) is 0 Å². The van der Waals surface area contributed by atoms with Gasteiger partial charge in [0, 0.05) is 0 Å². The quantitative estimate of drug-likeness (QED) is 0.776. The lowest BCUT2D eigenvalue weighted by Crippen LogP contribution is -2.23. The third kappa shape index (κ3) is 3.16. The summed E-state index contributed by atoms with van der Waals surface area (Å²) in [6.07, 6.45) is 9.00. The summed E-state index contributed by atoms with van der Waals surface area (Å²) in [5, 5.41) is 9.93. The number of aliphatic hydroxyl groups excluding tert-OH is 1. The van der Waals surface area contributed by atoms with Gasteiger partial charge in [-0.2, -0.15) is 11.8 Å². The van der Waals surface area contributed by atoms with E-state index in [4.69, 9.17) is 0 Å². The SMILES string of the molecule is OC(CC1CCC1)CC1CCSCC1. The monoisotopic (exact) mass is 214 g/mol. The Balaban J connectivity index is 1.62. The Morgan fingerprint density at radius 3 is 2.07 bits per heavy atom. The van der Waals surface area contributed by atoms with E-state index in [0.717, 1.165) is 24.7 Å². The molecule has 14 heavy (non-hydrogen) atoms. The number of rotatable bonds is 4. The summed E-state index contributed by atoms with van der Waals surface area (Å²) in [4.78, 5) is 0. The van der Waals surface area contributed by atoms with Gasteiger partial charge >= 0.3 is 0 Å². The van der Waals surface area contributed by atoms with Crippen LogP contribution in [0.2, 0.25) is 0 Å². The molecule has 1 unspecified atom stereocenters. The molecule has 0 bridgehead atoms. The molecular formula is C12H22OS. The van der Waals surface area contributed by atoms with Gasteiger partial charge in [-0.15, -0.1) is 0 Å². The Labute approximate surface area is 91.7 Å². The van der Waals surface area contributed by atoms with E-state index in [0.29, 0.717) is 0 Å². The van der Waals surface area contributed by atoms with Crippen molar-refractivity contribution in [2.24, 2.45) is 11.8 Å². The second kappa shape index (κ2) is 5.41. The minimum Gasteiger partial charge on any atom is -0.393 e. The van der Waals surface area contributed by atoms with Gasteiger partial charge in [0.15, 0.2) is 0 Å². The van der Waals surface area contributed by atoms with Crippen LogP contribution < -0.4 is 0 Å². The van der Waals surface area contributed by atoms with Crippen LogP contribution in [0.3, 0.4) is 0 Å². The van der Waals surface area contributed by atoms with Gasteiger partial charge in [0.1, 0.15) is 0 Å². The largest absolute Gasteiger partial charge is 0.393 e. The average Bonchev–Trinajstić information content (AvgIpc) is 2.13. The highest BCUT2D eigenvalue weighted by Gasteiger charge is 2.23. The van der Waals surface area contributed by atoms with Crippen LogP contribution in [0.5, 0.6) is 0 Å². The van der Waals surface area contributed by atoms with Crippen molar-refractivity contribution >= 4 is 11.8 Å². The summed E-state index contributed by atoms with van der Waals surface area (Å²) >= 11 is 2.07. The fraction of sp³-hybridized carbons (Fsp3) is 1.00. The number of thioether (sulfide) groups is 1. The number of aliphatic hydroxyl groups is 1. The highest BCUT2D eigenvalue weighted by molar-refractivity contribution is 7.99. The van der Waals surface area contributed by atoms with Gasteiger partial charge in [-0.05, 0) is 49.0 Å². The number of hydrogen-bond donors (Lipinski definition) is 1. The molecule has 2 aliphatic rings. The topological polar surface area (TPSA) is 20.2 Å². The zero-order chi connectivity index (χ0) is 9.80. The molecule has 0 aromatic carbocycles. The van der Waals surface area contributed by atoms with E-state index in [9.17, 15) is 5.11 Å². The summed E-state index contributed by atoms with van der Waals surface area (Å²) in [6.45, 7) is 0. The molecule has 82 valence electrons. The van der Waals surface area contributed by atoms with E-state index < -0.39 is 0 Å². The third-order valence-corrected chi connectivity index (χ3v) is 4.83. The Kier molecular flexibility index (Phi) is 4.18. The van der Waals surface area contributed by atoms with Crippen molar-refractivity contribution in [3.8, 4) is 0 Å². The van der Waals surface area contributed by atoms with Gasteiger partial charge in [-0.1, -0.05) is 19.3 Å². The third-order valence-electron chi connectivity index (χ3n) is 3.78. The summed E-state index contributed by atoms with van der Waals surface area (Å²) in [5.74, 6) is 4.33. The van der Waals surface area contributed by atoms with Crippen LogP contribution in [0.15, 0.2) is 0 Å². The normalized spacial score (nSPS) is 27.2. The van der Waals surface area contributed by atoms with Crippen molar-refractivity contribution in [2.75, 3.05) is 11.5 Å². The Morgan fingerprint density at radius 2 is 1.57 bits per heavy atom. The molecule has 0 radical (unpaired) electrons. The van der Waals surface area contributed by atoms with Crippen LogP contribution in [0.25, 0.3) is 0 Å². The van der Waals surface area contributed by atoms with E-state index in [-0.39, 0.29) is 6.10 Å². The Bertz CT molecular complexity index is 162. The summed E-state index contributed by atoms with van der Waals surface area (Å²) in [7, 11) is 0. The van der Waals surface area contributed by atoms with Crippen LogP contribution >= 0.6 is 11.8 Å². The van der Waals surface area contributed by atoms with E-state index >= 15 is 0 Å². The van der Waals surface area contributed by atoms with E-state index in [1.54, 1.807) is 0 Å². The summed E-state index contributed by atoms with van der Waals surface area (Å²) < 4.78 is 0. The second-order valence-corrected chi connectivity index (χ2v) is 6.20. The van der Waals surface area contributed by atoms with Gasteiger partial charge in [0.2, 0.25) is 0 Å². The lowest BCUT2D eigenvalue weighted by molar-refractivity contribution is 0.0924. The Hall–Kier alpha value is 0.310. The Morgan fingerprint density at radius 1 is 1.00 bits per heavy atom. The molecule has 1 nitrogen and oxygen atoms in total. The first-order valence-corrected chi connectivity index (χ1v) is 7.26. The minimum atomic E-state index is 0.00778. The van der Waals surface area contributed by atoms with Gasteiger partial charge in [-0.25, -0.2) is 0 Å². The van der Waals surface area contributed by atoms with Crippen molar-refractivity contribution in [3.63, 3.8) is 0 Å². The van der Waals surface area contributed by atoms with Gasteiger partial charge < -0.3 is 5.11 Å². The first-order chi connectivity index (χ1) is 6.84. The smallest absolute Gasteiger partial charge is 0.0545 e. The van der Waals surface area contributed by atoms with Crippen molar-refractivity contribution in [1.82, 2.24) is 0 Å². The van der Waals surface area contributed by atoms with Crippen LogP contribution in [0, 0.1) is 11.8 Å². The maximum atomic E-state index is 9.93. The minimum absolute atomic E-state index is 0.00778. The van der Waals surface area contributed by atoms with Crippen molar-refractivity contribution in [3.05, 3.63) is 0 Å². The summed E-state index contributed by atoms with van der Waals surface area (Å²) in [5.41, 5.74) is 0. The van der Waals surface area contributed by atoms with Crippen molar-refractivity contribution in [1.29, 1.82) is 0 Å². The maximum Gasteiger partial charge on any atom is 0.0545 e. The van der Waals surface area contributed by atoms with E-state index in [2.05, 4.69) is 11.8 Å². The molecule has 0 aromatic heterocycles. The van der Waals surface area contributed by atoms with Crippen LogP contribution in [0.4, 0.5) is 0 Å². The summed E-state index contributed by atoms with van der Waals surface area (Å²) in [6, 6.07) is 0. The molecule has 2 rings (SSSR count). The first kappa shape index (κ1) is 10.8. The first-order valence-electron chi connectivity index (χ1n) is 6.10. The number of hydrogen-bond acceptors (Lipinski definition) is 2. The molecule has 1 saturated heterocycles. The highest BCUT2D eigenvalue weighted by atomic mass is 32.2. The van der Waals surface area contributed by atoms with Gasteiger partial charge in [0.05, 0.1) is 6.10 Å². The molecular weight excluding hydrogens is 192 g/mol. The molecule has 1 saturated carbocycles. The highest BCUT2D eigenvalue weighted by Crippen LogP contribution is 2.33. The molecule has 0 amide bonds. The lowest BCUT2D eigenvalue weighted by atomic mass is 9.79. The maximum absolute atomic E-state index is 9.93. The average molecular weight is 214 g/mol. The van der Waals surface area contributed by atoms with Crippen LogP contribution in [-0.4, -0.2) is 22.7 Å². The van der Waals surface area contributed by atoms with E-state index in [1.165, 1.54) is 43.6 Å². The molecule has 0 aromatic rings. The molecule has 0 spiro atoms. The van der Waals surface area contributed by atoms with Crippen molar-refractivity contribution < 1.29 is 5.11 Å². The second-order valence-electron chi connectivity index (χ2n) is 4.98. The molecule has 1 aliphatic heterocycles. The standard InChI is InChI=1S/C12H22OS/c13-12(8-10-2-1-3-10)9-11-4-6-14-7-5-11/h10-13H,1-9H2. The molecule has 1 aliphatic carbocycles. The zero-order valence-corrected chi connectivity index (χ0v) is 9.77. The zero-order valence-electron chi connectivity index (χ0n) is 8.95. The van der Waals surface area contributed by atoms with Crippen LogP contribution in [0.1, 0.15) is 44.9 Å². The molecule has 2 heteroatoms. The molecule has 2 fully saturated rings. The molecule has 1 atom stereocenters. The van der Waals surface area contributed by atoms with Crippen molar-refractivity contribution in [2.45, 2.75) is 51.0 Å². The predicted octanol–water partition coefficient (Wildman–Crippen LogP) is 3.07. The fourth-order valence-electron chi connectivity index (χ4n) is 2.58. The molecule has 1 N–H and O–H groups in total. The van der Waals surface area contributed by atoms with Gasteiger partial charge in [0.25, 0.3) is 0 Å². The van der Waals surface area contributed by atoms with E-state index in [1.807, 2.05) is 0 Å². The lowest BCUT2D eigenvalue weighted by Gasteiger charge is -2.30.